The van der Waals surface area contributed by atoms with Crippen molar-refractivity contribution in [1.29, 1.82) is 0 Å². The van der Waals surface area contributed by atoms with Crippen molar-refractivity contribution in [1.82, 2.24) is 0 Å². The third kappa shape index (κ3) is 3.22. The maximum absolute atomic E-state index is 10.7. The fourth-order valence-electron chi connectivity index (χ4n) is 1.10. The third-order valence-corrected chi connectivity index (χ3v) is 1.68. The van der Waals surface area contributed by atoms with Crippen LogP contribution in [0.5, 0.6) is 0 Å². The lowest BCUT2D eigenvalue weighted by molar-refractivity contribution is -0.385. The van der Waals surface area contributed by atoms with Gasteiger partial charge in [0.2, 0.25) is 0 Å². The van der Waals surface area contributed by atoms with Gasteiger partial charge in [-0.15, -0.1) is 0 Å². The quantitative estimate of drug-likeness (QED) is 0.527. The molecule has 0 heterocycles. The van der Waals surface area contributed by atoms with Crippen LogP contribution in [0.4, 0.5) is 5.69 Å². The summed E-state index contributed by atoms with van der Waals surface area (Å²) in [5.41, 5.74) is -2.14. The summed E-state index contributed by atoms with van der Waals surface area (Å²) in [6.45, 7) is 0. The Labute approximate surface area is 93.7 Å². The maximum Gasteiger partial charge on any atom is 0.343 e. The Morgan fingerprint density at radius 1 is 1.12 bits per heavy atom. The zero-order valence-electron chi connectivity index (χ0n) is 8.21. The second-order valence-corrected chi connectivity index (χ2v) is 2.57. The molecule has 0 aliphatic carbocycles. The van der Waals surface area contributed by atoms with Gasteiger partial charge in [0.15, 0.2) is 5.56 Å². The highest BCUT2D eigenvalue weighted by atomic mass is 16.6. The van der Waals surface area contributed by atoms with Crippen molar-refractivity contribution >= 4 is 17.6 Å². The fourth-order valence-corrected chi connectivity index (χ4v) is 1.10. The first-order valence-corrected chi connectivity index (χ1v) is 3.69. The largest absolute Gasteiger partial charge is 0.478 e. The summed E-state index contributed by atoms with van der Waals surface area (Å²) in [6, 6.07) is 3.06. The van der Waals surface area contributed by atoms with E-state index in [0.29, 0.717) is 0 Å². The molecule has 94 valence electrons. The standard InChI is InChI=1S/C8H5NO6.2H2O/c10-7(11)4-2-1-3-5(9(14)15)6(4)8(12)13;;/h1-3H,(H,10,11)(H,12,13);2*1H2. The molecule has 1 rings (SSSR count). The van der Waals surface area contributed by atoms with Gasteiger partial charge in [-0.3, -0.25) is 10.1 Å². The Morgan fingerprint density at radius 2 is 1.65 bits per heavy atom. The smallest absolute Gasteiger partial charge is 0.343 e. The van der Waals surface area contributed by atoms with Crippen LogP contribution in [0.2, 0.25) is 0 Å². The molecular weight excluding hydrogens is 238 g/mol. The van der Waals surface area contributed by atoms with Gasteiger partial charge < -0.3 is 21.2 Å². The lowest BCUT2D eigenvalue weighted by Gasteiger charge is -2.01. The normalized spacial score (nSPS) is 8.47. The Morgan fingerprint density at radius 3 is 2.00 bits per heavy atom. The van der Waals surface area contributed by atoms with E-state index in [1.807, 2.05) is 0 Å². The van der Waals surface area contributed by atoms with E-state index in [2.05, 4.69) is 0 Å². The number of carboxylic acid groups (broad SMARTS) is 2. The summed E-state index contributed by atoms with van der Waals surface area (Å²) in [4.78, 5) is 30.8. The molecule has 9 heteroatoms. The van der Waals surface area contributed by atoms with E-state index in [9.17, 15) is 19.7 Å². The summed E-state index contributed by atoms with van der Waals surface area (Å²) in [5.74, 6) is -3.16. The van der Waals surface area contributed by atoms with Gasteiger partial charge in [-0.2, -0.15) is 0 Å². The molecule has 0 saturated heterocycles. The van der Waals surface area contributed by atoms with Crippen LogP contribution >= 0.6 is 0 Å². The molecule has 6 N–H and O–H groups in total. The molecule has 0 radical (unpaired) electrons. The first-order chi connectivity index (χ1) is 6.95. The van der Waals surface area contributed by atoms with E-state index >= 15 is 0 Å². The van der Waals surface area contributed by atoms with Crippen molar-refractivity contribution in [3.05, 3.63) is 39.4 Å². The molecule has 0 aromatic heterocycles. The van der Waals surface area contributed by atoms with E-state index in [1.165, 1.54) is 0 Å². The van der Waals surface area contributed by atoms with Gasteiger partial charge in [0.25, 0.3) is 5.69 Å². The number of carbonyl (C=O) groups is 2. The van der Waals surface area contributed by atoms with Crippen molar-refractivity contribution in [3.8, 4) is 0 Å². The number of nitrogens with zero attached hydrogens (tertiary/aromatic N) is 1. The van der Waals surface area contributed by atoms with E-state index in [-0.39, 0.29) is 11.0 Å². The number of nitro benzene ring substituents is 1. The van der Waals surface area contributed by atoms with Crippen LogP contribution in [0.25, 0.3) is 0 Å². The predicted molar refractivity (Wildman–Crippen MR) is 54.2 cm³/mol. The molecule has 0 aliphatic rings. The van der Waals surface area contributed by atoms with Gasteiger partial charge in [0.05, 0.1) is 10.5 Å². The number of hydrogen-bond donors (Lipinski definition) is 2. The Bertz CT molecular complexity index is 423. The van der Waals surface area contributed by atoms with Crippen LogP contribution in [0.1, 0.15) is 20.7 Å². The van der Waals surface area contributed by atoms with Crippen molar-refractivity contribution in [2.24, 2.45) is 0 Å². The van der Waals surface area contributed by atoms with Crippen LogP contribution in [0.3, 0.4) is 0 Å². The molecule has 0 amide bonds. The van der Waals surface area contributed by atoms with Gasteiger partial charge >= 0.3 is 11.9 Å². The lowest BCUT2D eigenvalue weighted by atomic mass is 10.1. The lowest BCUT2D eigenvalue weighted by Crippen LogP contribution is -2.10. The molecule has 0 aliphatic heterocycles. The average Bonchev–Trinajstić information content (AvgIpc) is 2.16. The zero-order valence-corrected chi connectivity index (χ0v) is 8.21. The molecule has 1 aromatic rings. The summed E-state index contributed by atoms with van der Waals surface area (Å²) < 4.78 is 0. The number of carboxylic acids is 2. The molecule has 17 heavy (non-hydrogen) atoms. The van der Waals surface area contributed by atoms with Gasteiger partial charge in [-0.1, -0.05) is 6.07 Å². The average molecular weight is 247 g/mol. The number of benzene rings is 1. The Hall–Kier alpha value is -2.52. The van der Waals surface area contributed by atoms with Crippen LogP contribution < -0.4 is 0 Å². The molecule has 1 aromatic carbocycles. The summed E-state index contributed by atoms with van der Waals surface area (Å²) in [5, 5.41) is 27.8. The van der Waals surface area contributed by atoms with Crippen LogP contribution in [-0.2, 0) is 0 Å². The van der Waals surface area contributed by atoms with Crippen molar-refractivity contribution in [2.75, 3.05) is 0 Å². The topological polar surface area (TPSA) is 181 Å². The highest BCUT2D eigenvalue weighted by Gasteiger charge is 2.26. The number of hydrogen-bond acceptors (Lipinski definition) is 4. The fraction of sp³-hybridized carbons (Fsp3) is 0. The predicted octanol–water partition coefficient (Wildman–Crippen LogP) is -0.658. The Kier molecular flexibility index (Phi) is 6.11. The number of nitro groups is 1. The molecule has 9 nitrogen and oxygen atoms in total. The van der Waals surface area contributed by atoms with E-state index in [1.54, 1.807) is 0 Å². The van der Waals surface area contributed by atoms with Gasteiger partial charge in [-0.05, 0) is 6.07 Å². The van der Waals surface area contributed by atoms with Gasteiger partial charge in [-0.25, -0.2) is 9.59 Å². The molecule has 0 unspecified atom stereocenters. The van der Waals surface area contributed by atoms with Gasteiger partial charge in [0, 0.05) is 6.07 Å². The van der Waals surface area contributed by atoms with E-state index in [4.69, 9.17) is 10.2 Å². The summed E-state index contributed by atoms with van der Waals surface area (Å²) >= 11 is 0. The SMILES string of the molecule is O.O.O=C(O)c1cccc([N+](=O)[O-])c1C(=O)O. The zero-order chi connectivity index (χ0) is 11.6. The second kappa shape index (κ2) is 6.15. The minimum Gasteiger partial charge on any atom is -0.478 e. The third-order valence-electron chi connectivity index (χ3n) is 1.68. The minimum atomic E-state index is -1.64. The number of rotatable bonds is 3. The van der Waals surface area contributed by atoms with Crippen molar-refractivity contribution in [3.63, 3.8) is 0 Å². The summed E-state index contributed by atoms with van der Waals surface area (Å²) in [6.07, 6.45) is 0. The molecule has 0 bridgehead atoms. The van der Waals surface area contributed by atoms with Gasteiger partial charge in [0.1, 0.15) is 0 Å². The first-order valence-electron chi connectivity index (χ1n) is 3.69. The second-order valence-electron chi connectivity index (χ2n) is 2.57. The van der Waals surface area contributed by atoms with Crippen molar-refractivity contribution in [2.45, 2.75) is 0 Å². The molecule has 0 atom stereocenters. The number of aromatic carboxylic acids is 2. The van der Waals surface area contributed by atoms with E-state index < -0.39 is 33.7 Å². The molecule has 0 spiro atoms. The highest BCUT2D eigenvalue weighted by molar-refractivity contribution is 6.04. The molecule has 0 fully saturated rings. The minimum absolute atomic E-state index is 0. The Balaban J connectivity index is 0. The first kappa shape index (κ1) is 16.9. The van der Waals surface area contributed by atoms with Crippen LogP contribution in [0.15, 0.2) is 18.2 Å². The van der Waals surface area contributed by atoms with Crippen molar-refractivity contribution < 1.29 is 35.7 Å². The monoisotopic (exact) mass is 247 g/mol. The maximum atomic E-state index is 10.7. The highest BCUT2D eigenvalue weighted by Crippen LogP contribution is 2.22. The van der Waals surface area contributed by atoms with Crippen LogP contribution in [0, 0.1) is 10.1 Å². The molecular formula is C8H9NO8. The van der Waals surface area contributed by atoms with E-state index in [0.717, 1.165) is 18.2 Å². The summed E-state index contributed by atoms with van der Waals surface area (Å²) in [7, 11) is 0. The molecule has 0 saturated carbocycles. The van der Waals surface area contributed by atoms with Crippen LogP contribution in [-0.4, -0.2) is 38.0 Å².